The van der Waals surface area contributed by atoms with Crippen LogP contribution in [-0.4, -0.2) is 247 Å². The van der Waals surface area contributed by atoms with Crippen molar-refractivity contribution in [3.8, 4) is 0 Å². The molecule has 54 nitrogen and oxygen atoms in total. The summed E-state index contributed by atoms with van der Waals surface area (Å²) >= 11 is 0. The molecule has 0 saturated heterocycles. The molecule has 70 heteroatoms. The second-order valence-corrected chi connectivity index (χ2v) is 47.1. The Labute approximate surface area is 505 Å². The number of hydrogen-bond donors (Lipinski definition) is 34. The second kappa shape index (κ2) is 36.7. The minimum absolute atomic E-state index is 0. The highest BCUT2D eigenvalue weighted by atomic mass is 31.3. The lowest BCUT2D eigenvalue weighted by Gasteiger charge is -2.37. The van der Waals surface area contributed by atoms with Gasteiger partial charge >= 0.3 is 122 Å². The van der Waals surface area contributed by atoms with Crippen LogP contribution in [0.1, 0.15) is 53.4 Å². The minimum Gasteiger partial charge on any atom is -0.344 e. The molecule has 0 aromatic rings. The second-order valence-electron chi connectivity index (χ2n) is 17.1. The molecule has 0 spiro atoms. The van der Waals surface area contributed by atoms with Crippen LogP contribution in [0.2, 0.25) is 0 Å². The highest BCUT2D eigenvalue weighted by Gasteiger charge is 2.62. The number of hydrogen-bond acceptors (Lipinski definition) is 22. The van der Waals surface area contributed by atoms with Gasteiger partial charge in [-0.1, -0.05) is 27.7 Å². The van der Waals surface area contributed by atoms with E-state index in [0.29, 0.717) is 0 Å². The first kappa shape index (κ1) is 103. The molecule has 0 bridgehead atoms. The first-order valence-electron chi connectivity index (χ1n) is 21.6. The Bertz CT molecular complexity index is 2310. The zero-order valence-electron chi connectivity index (χ0n) is 45.5. The molecular weight excluding hydrogens is 1590 g/mol. The normalized spacial score (nSPS) is 14.8. The van der Waals surface area contributed by atoms with Crippen LogP contribution in [0.15, 0.2) is 0 Å². The van der Waals surface area contributed by atoms with Crippen molar-refractivity contribution in [1.82, 2.24) is 31.9 Å². The van der Waals surface area contributed by atoms with E-state index in [1.807, 2.05) is 0 Å². The van der Waals surface area contributed by atoms with Gasteiger partial charge in [-0.3, -0.25) is 92.6 Å². The van der Waals surface area contributed by atoms with Crippen LogP contribution in [0.5, 0.6) is 0 Å². The fourth-order valence-electron chi connectivity index (χ4n) is 7.09. The van der Waals surface area contributed by atoms with E-state index in [-0.39, 0.29) is 57.6 Å². The van der Waals surface area contributed by atoms with Gasteiger partial charge in [0.05, 0.1) is 0 Å². The van der Waals surface area contributed by atoms with Crippen LogP contribution in [0.25, 0.3) is 0 Å². The summed E-state index contributed by atoms with van der Waals surface area (Å²) in [4.78, 5) is 289. The molecule has 0 amide bonds. The summed E-state index contributed by atoms with van der Waals surface area (Å²) < 4.78 is 181. The fourth-order valence-corrected chi connectivity index (χ4v) is 31.5. The summed E-state index contributed by atoms with van der Waals surface area (Å²) in [6.07, 6.45) is -0.639. The molecular formula is C20H74N6O48P16. The van der Waals surface area contributed by atoms with Crippen molar-refractivity contribution in [3.05, 3.63) is 0 Å². The molecule has 38 N–H and O–H groups in total. The molecule has 0 aliphatic heterocycles. The molecule has 0 aromatic heterocycles. The van der Waals surface area contributed by atoms with E-state index in [1.165, 1.54) is 27.7 Å². The van der Waals surface area contributed by atoms with Gasteiger partial charge in [0.2, 0.25) is 44.2 Å². The van der Waals surface area contributed by atoms with Crippen molar-refractivity contribution in [2.24, 2.45) is 0 Å². The Kier molecular flexibility index (Phi) is 42.0. The van der Waals surface area contributed by atoms with Crippen molar-refractivity contribution in [1.29, 1.82) is 0 Å². The minimum atomic E-state index is -5.70. The van der Waals surface area contributed by atoms with Crippen LogP contribution in [0.4, 0.5) is 0 Å². The van der Waals surface area contributed by atoms with Gasteiger partial charge in [0.15, 0.2) is 0 Å². The average molecular weight is 1660 g/mol. The third-order valence-electron chi connectivity index (χ3n) is 9.11. The molecule has 0 heterocycles. The zero-order valence-corrected chi connectivity index (χ0v) is 59.8. The van der Waals surface area contributed by atoms with Gasteiger partial charge in [-0.15, -0.1) is 0 Å². The summed E-state index contributed by atoms with van der Waals surface area (Å²) in [5.74, 6) is 0. The van der Waals surface area contributed by atoms with Crippen molar-refractivity contribution in [3.63, 3.8) is 0 Å². The Balaban J connectivity index is -0.000000259. The summed E-state index contributed by atoms with van der Waals surface area (Å²) in [6.45, 7) is 2.06. The standard InChI is InChI=1S/4C5H17NO12P4.2H3N/c4*1-2-3-6(4(19(7,8)9)20(10,11)12)5(21(13,14)15)22(16,17)18;;/h4*4-5H,2-3H2,1H3,(H2,7,8,9)(H2,10,11,12)(H2,13,14,15)(H2,16,17,18);2*1H3. The molecule has 0 rings (SSSR count). The topological polar surface area (TPSA) is 1000 Å². The molecule has 552 valence electrons. The van der Waals surface area contributed by atoms with Crippen LogP contribution in [-0.2, 0) is 73.0 Å². The molecule has 90 heavy (non-hydrogen) atoms. The smallest absolute Gasteiger partial charge is 0.344 e. The molecule has 0 radical (unpaired) electrons. The maximum atomic E-state index is 11.3. The monoisotopic (exact) mass is 1660 g/mol. The molecule has 0 saturated carbocycles. The van der Waals surface area contributed by atoms with E-state index in [0.717, 1.165) is 0 Å². The van der Waals surface area contributed by atoms with Gasteiger partial charge in [0.1, 0.15) is 0 Å². The summed E-state index contributed by atoms with van der Waals surface area (Å²) in [5, 5.41) is 0. The van der Waals surface area contributed by atoms with Crippen molar-refractivity contribution < 1.29 is 230 Å². The molecule has 0 aromatic carbocycles. The number of nitrogens with zero attached hydrogens (tertiary/aromatic N) is 4. The van der Waals surface area contributed by atoms with E-state index in [2.05, 4.69) is 0 Å². The van der Waals surface area contributed by atoms with Gasteiger partial charge in [-0.25, -0.2) is 0 Å². The Morgan fingerprint density at radius 2 is 0.233 bits per heavy atom. The summed E-state index contributed by atoms with van der Waals surface area (Å²) in [5.41, 5.74) is -24.7. The lowest BCUT2D eigenvalue weighted by molar-refractivity contribution is 0.197. The van der Waals surface area contributed by atoms with Gasteiger partial charge in [0, 0.05) is 26.2 Å². The van der Waals surface area contributed by atoms with Crippen molar-refractivity contribution in [2.45, 2.75) is 97.6 Å². The van der Waals surface area contributed by atoms with E-state index in [9.17, 15) is 73.0 Å². The summed E-state index contributed by atoms with van der Waals surface area (Å²) in [7, 11) is -91.2. The van der Waals surface area contributed by atoms with Gasteiger partial charge in [-0.2, -0.15) is 0 Å². The predicted octanol–water partition coefficient (Wildman–Crippen LogP) is -3.77. The van der Waals surface area contributed by atoms with Gasteiger partial charge < -0.3 is 169 Å². The number of rotatable bonds is 32. The van der Waals surface area contributed by atoms with Crippen molar-refractivity contribution >= 4 is 122 Å². The highest BCUT2D eigenvalue weighted by Crippen LogP contribution is 2.73. The van der Waals surface area contributed by atoms with Gasteiger partial charge in [0.25, 0.3) is 0 Å². The Morgan fingerprint density at radius 1 is 0.178 bits per heavy atom. The maximum Gasteiger partial charge on any atom is 0.355 e. The van der Waals surface area contributed by atoms with Gasteiger partial charge in [-0.05, 0) is 25.7 Å². The largest absolute Gasteiger partial charge is 0.355 e. The molecule has 0 aliphatic rings. The summed E-state index contributed by atoms with van der Waals surface area (Å²) in [6, 6.07) is 0. The molecule has 0 atom stereocenters. The highest BCUT2D eigenvalue weighted by molar-refractivity contribution is 7.75. The zero-order chi connectivity index (χ0) is 72.6. The van der Waals surface area contributed by atoms with Crippen LogP contribution >= 0.6 is 122 Å². The van der Waals surface area contributed by atoms with Crippen LogP contribution in [0.3, 0.4) is 0 Å². The predicted molar refractivity (Wildman–Crippen MR) is 301 cm³/mol. The molecule has 0 unspecified atom stereocenters. The SMILES string of the molecule is CCCN(C(P(=O)(O)O)P(=O)(O)O)C(P(=O)(O)O)P(=O)(O)O.CCCN(C(P(=O)(O)O)P(=O)(O)O)C(P(=O)(O)O)P(=O)(O)O.CCCN(C(P(=O)(O)O)P(=O)(O)O)C(P(=O)(O)O)P(=O)(O)O.CCCN(C(P(=O)(O)O)P(=O)(O)O)C(P(=O)(O)O)P(=O)(O)O.N.N. The quantitative estimate of drug-likeness (QED) is 0.0288. The van der Waals surface area contributed by atoms with Crippen molar-refractivity contribution in [2.75, 3.05) is 26.2 Å². The van der Waals surface area contributed by atoms with Crippen LogP contribution in [0, 0.1) is 0 Å². The first-order valence-corrected chi connectivity index (χ1v) is 48.5. The van der Waals surface area contributed by atoms with E-state index in [4.69, 9.17) is 157 Å². The Hall–Kier alpha value is 2.16. The first-order chi connectivity index (χ1) is 37.7. The maximum absolute atomic E-state index is 11.3. The Morgan fingerprint density at radius 3 is 0.267 bits per heavy atom. The lowest BCUT2D eigenvalue weighted by atomic mass is 10.5. The van der Waals surface area contributed by atoms with E-state index < -0.39 is 192 Å². The van der Waals surface area contributed by atoms with Crippen LogP contribution < -0.4 is 12.3 Å². The molecule has 0 fully saturated rings. The lowest BCUT2D eigenvalue weighted by Crippen LogP contribution is -2.43. The van der Waals surface area contributed by atoms with E-state index >= 15 is 0 Å². The van der Waals surface area contributed by atoms with E-state index in [1.54, 1.807) is 0 Å². The third kappa shape index (κ3) is 35.5. The third-order valence-corrected chi connectivity index (χ3v) is 37.9. The fraction of sp³-hybridized carbons (Fsp3) is 1.00. The average Bonchev–Trinajstić information content (AvgIpc) is 3.10. The molecule has 0 aliphatic carbocycles.